The Bertz CT molecular complexity index is 1600. The summed E-state index contributed by atoms with van der Waals surface area (Å²) in [6.07, 6.45) is 3.37. The number of benzene rings is 1. The van der Waals surface area contributed by atoms with E-state index in [2.05, 4.69) is 35.4 Å². The van der Waals surface area contributed by atoms with Crippen molar-refractivity contribution in [3.63, 3.8) is 0 Å². The standard InChI is InChI=1S/C35H43F2N5O6/c1-8-10-11-22-14-20(3)15-27(22)48-33(45)41-29(34(4,5)6)31(43)42-19-23(17-26(42)32(44)46-7)47-30-28(35(36,37)9-2)39-24-13-12-21(18-38)16-25(24)40-30/h8-9,12-13,16,20,22-23,26-27,29H,1-2,10-11,14-15,17,19H2,3-7H3,(H,41,45)/t20-,22-,23-,26+,27-,29-/m1/s1. The number of carbonyl (C=O) groups excluding carboxylic acids is 3. The van der Waals surface area contributed by atoms with Crippen molar-refractivity contribution in [2.75, 3.05) is 13.7 Å². The number of likely N-dealkylation sites (tertiary alicyclic amines) is 1. The Hall–Kier alpha value is -4.60. The van der Waals surface area contributed by atoms with Crippen LogP contribution >= 0.6 is 0 Å². The summed E-state index contributed by atoms with van der Waals surface area (Å²) in [5.74, 6) is -4.94. The number of esters is 1. The number of alkyl carbamates (subject to hydrolysis) is 1. The molecular formula is C35H43F2N5O6. The van der Waals surface area contributed by atoms with E-state index in [0.717, 1.165) is 19.3 Å². The highest BCUT2D eigenvalue weighted by Crippen LogP contribution is 2.38. The number of aromatic nitrogens is 2. The molecule has 1 saturated carbocycles. The lowest BCUT2D eigenvalue weighted by Crippen LogP contribution is -2.57. The van der Waals surface area contributed by atoms with Crippen molar-refractivity contribution in [2.45, 2.75) is 90.0 Å². The molecule has 4 rings (SSSR count). The summed E-state index contributed by atoms with van der Waals surface area (Å²) >= 11 is 0. The van der Waals surface area contributed by atoms with E-state index in [4.69, 9.17) is 14.2 Å². The molecule has 48 heavy (non-hydrogen) atoms. The average Bonchev–Trinajstić information content (AvgIpc) is 3.62. The molecule has 13 heteroatoms. The summed E-state index contributed by atoms with van der Waals surface area (Å²) in [4.78, 5) is 49.9. The Kier molecular flexibility index (Phi) is 11.1. The van der Waals surface area contributed by atoms with Crippen LogP contribution in [0.25, 0.3) is 11.0 Å². The molecule has 258 valence electrons. The monoisotopic (exact) mass is 667 g/mol. The number of fused-ring (bicyclic) bond motifs is 1. The van der Waals surface area contributed by atoms with Gasteiger partial charge in [0.2, 0.25) is 11.8 Å². The quantitative estimate of drug-likeness (QED) is 0.232. The molecule has 1 aliphatic carbocycles. The third-order valence-corrected chi connectivity index (χ3v) is 8.87. The second-order valence-corrected chi connectivity index (χ2v) is 13.6. The normalized spacial score (nSPS) is 23.2. The number of nitriles is 1. The van der Waals surface area contributed by atoms with Gasteiger partial charge in [0.05, 0.1) is 36.3 Å². The highest BCUT2D eigenvalue weighted by molar-refractivity contribution is 5.91. The Morgan fingerprint density at radius 3 is 2.52 bits per heavy atom. The van der Waals surface area contributed by atoms with Crippen molar-refractivity contribution in [1.82, 2.24) is 20.2 Å². The van der Waals surface area contributed by atoms with E-state index >= 15 is 8.78 Å². The third-order valence-electron chi connectivity index (χ3n) is 8.87. The number of nitrogens with one attached hydrogen (secondary N) is 1. The van der Waals surface area contributed by atoms with Crippen molar-refractivity contribution in [3.8, 4) is 11.9 Å². The molecule has 2 amide bonds. The zero-order valence-electron chi connectivity index (χ0n) is 28.0. The van der Waals surface area contributed by atoms with Crippen LogP contribution in [0, 0.1) is 28.6 Å². The van der Waals surface area contributed by atoms with Crippen molar-refractivity contribution in [2.24, 2.45) is 17.3 Å². The molecule has 1 aromatic carbocycles. The van der Waals surface area contributed by atoms with Crippen molar-refractivity contribution in [1.29, 1.82) is 5.26 Å². The largest absolute Gasteiger partial charge is 0.471 e. The molecule has 0 spiro atoms. The predicted molar refractivity (Wildman–Crippen MR) is 173 cm³/mol. The maximum atomic E-state index is 15.0. The number of carbonyl (C=O) groups is 3. The molecule has 1 saturated heterocycles. The molecule has 2 aromatic rings. The number of methoxy groups -OCH3 is 1. The van der Waals surface area contributed by atoms with Gasteiger partial charge in [0.1, 0.15) is 24.3 Å². The average molecular weight is 668 g/mol. The molecule has 0 radical (unpaired) electrons. The lowest BCUT2D eigenvalue weighted by atomic mass is 9.85. The van der Waals surface area contributed by atoms with Gasteiger partial charge in [-0.15, -0.1) is 6.58 Å². The van der Waals surface area contributed by atoms with E-state index in [9.17, 15) is 19.6 Å². The fourth-order valence-electron chi connectivity index (χ4n) is 6.39. The van der Waals surface area contributed by atoms with Gasteiger partial charge in [-0.25, -0.2) is 19.6 Å². The number of amides is 2. The lowest BCUT2D eigenvalue weighted by molar-refractivity contribution is -0.152. The van der Waals surface area contributed by atoms with Crippen LogP contribution in [0.5, 0.6) is 5.88 Å². The topological polar surface area (TPSA) is 144 Å². The van der Waals surface area contributed by atoms with Gasteiger partial charge in [-0.05, 0) is 67.2 Å². The van der Waals surface area contributed by atoms with Crippen molar-refractivity contribution < 1.29 is 37.4 Å². The zero-order valence-corrected chi connectivity index (χ0v) is 28.0. The molecule has 2 aliphatic rings. The van der Waals surface area contributed by atoms with Crippen molar-refractivity contribution in [3.05, 3.63) is 54.8 Å². The van der Waals surface area contributed by atoms with Crippen LogP contribution in [0.1, 0.15) is 71.1 Å². The molecule has 11 nitrogen and oxygen atoms in total. The molecule has 0 bridgehead atoms. The highest BCUT2D eigenvalue weighted by atomic mass is 19.3. The minimum absolute atomic E-state index is 0.109. The van der Waals surface area contributed by atoms with E-state index in [-0.39, 0.29) is 41.6 Å². The first kappa shape index (κ1) is 36.2. The predicted octanol–water partition coefficient (Wildman–Crippen LogP) is 5.82. The number of rotatable bonds is 11. The fraction of sp³-hybridized carbons (Fsp3) is 0.543. The molecule has 0 unspecified atom stereocenters. The van der Waals surface area contributed by atoms with Gasteiger partial charge >= 0.3 is 18.0 Å². The first-order valence-electron chi connectivity index (χ1n) is 16.0. The summed E-state index contributed by atoms with van der Waals surface area (Å²) in [6.45, 7) is 14.2. The lowest BCUT2D eigenvalue weighted by Gasteiger charge is -2.35. The van der Waals surface area contributed by atoms with Crippen LogP contribution < -0.4 is 10.1 Å². The summed E-state index contributed by atoms with van der Waals surface area (Å²) in [7, 11) is 1.17. The van der Waals surface area contributed by atoms with Crippen LogP contribution in [0.4, 0.5) is 13.6 Å². The second kappa shape index (κ2) is 14.7. The number of alkyl halides is 2. The summed E-state index contributed by atoms with van der Waals surface area (Å²) < 4.78 is 46.8. The van der Waals surface area contributed by atoms with Gasteiger partial charge < -0.3 is 24.4 Å². The van der Waals surface area contributed by atoms with E-state index in [0.29, 0.717) is 18.4 Å². The minimum Gasteiger partial charge on any atom is -0.471 e. The van der Waals surface area contributed by atoms with Crippen LogP contribution in [-0.4, -0.2) is 70.8 Å². The number of allylic oxidation sites excluding steroid dienone is 2. The van der Waals surface area contributed by atoms with Gasteiger partial charge in [0.15, 0.2) is 5.69 Å². The van der Waals surface area contributed by atoms with Gasteiger partial charge in [-0.1, -0.05) is 40.3 Å². The molecule has 2 fully saturated rings. The smallest absolute Gasteiger partial charge is 0.408 e. The Balaban J connectivity index is 1.60. The number of halogens is 2. The van der Waals surface area contributed by atoms with E-state index in [1.807, 2.05) is 12.1 Å². The molecule has 1 aromatic heterocycles. The number of nitrogens with zero attached hydrogens (tertiary/aromatic N) is 4. The van der Waals surface area contributed by atoms with E-state index in [1.165, 1.54) is 30.2 Å². The van der Waals surface area contributed by atoms with Crippen LogP contribution in [0.15, 0.2) is 43.5 Å². The third kappa shape index (κ3) is 8.09. The maximum absolute atomic E-state index is 15.0. The van der Waals surface area contributed by atoms with Crippen molar-refractivity contribution >= 4 is 29.0 Å². The van der Waals surface area contributed by atoms with Crippen LogP contribution in [0.3, 0.4) is 0 Å². The summed E-state index contributed by atoms with van der Waals surface area (Å²) in [5.41, 5.74) is -1.13. The first-order chi connectivity index (χ1) is 22.6. The van der Waals surface area contributed by atoms with Gasteiger partial charge in [0.25, 0.3) is 0 Å². The fourth-order valence-corrected chi connectivity index (χ4v) is 6.39. The van der Waals surface area contributed by atoms with E-state index < -0.39 is 59.1 Å². The van der Waals surface area contributed by atoms with Crippen LogP contribution in [0.2, 0.25) is 0 Å². The first-order valence-corrected chi connectivity index (χ1v) is 16.0. The van der Waals surface area contributed by atoms with Gasteiger partial charge in [-0.2, -0.15) is 14.0 Å². The molecule has 6 atom stereocenters. The second-order valence-electron chi connectivity index (χ2n) is 13.6. The molecule has 1 N–H and O–H groups in total. The maximum Gasteiger partial charge on any atom is 0.408 e. The number of ether oxygens (including phenoxy) is 3. The molecular weight excluding hydrogens is 624 g/mol. The van der Waals surface area contributed by atoms with E-state index in [1.54, 1.807) is 20.8 Å². The summed E-state index contributed by atoms with van der Waals surface area (Å²) in [5, 5.41) is 12.0. The molecule has 1 aliphatic heterocycles. The van der Waals surface area contributed by atoms with Gasteiger partial charge in [0, 0.05) is 6.42 Å². The summed E-state index contributed by atoms with van der Waals surface area (Å²) in [6, 6.07) is 3.92. The number of hydrogen-bond acceptors (Lipinski definition) is 9. The highest BCUT2D eigenvalue weighted by Gasteiger charge is 2.47. The SMILES string of the molecule is C=CCC[C@@H]1C[C@@H](C)C[C@H]1OC(=O)N[C@H](C(=O)N1C[C@H](Oc2nc3cc(C#N)ccc3nc2C(F)(F)C=C)C[C@H]1C(=O)OC)C(C)(C)C. The molecule has 2 heterocycles. The number of hydrogen-bond donors (Lipinski definition) is 1. The zero-order chi connectivity index (χ0) is 35.4. The van der Waals surface area contributed by atoms with Crippen LogP contribution in [-0.2, 0) is 25.0 Å². The Labute approximate surface area is 279 Å². The minimum atomic E-state index is -3.64. The Morgan fingerprint density at radius 2 is 1.90 bits per heavy atom. The van der Waals surface area contributed by atoms with Gasteiger partial charge in [-0.3, -0.25) is 4.79 Å². The Morgan fingerprint density at radius 1 is 1.17 bits per heavy atom.